The van der Waals surface area contributed by atoms with Gasteiger partial charge in [0.05, 0.1) is 24.8 Å². The van der Waals surface area contributed by atoms with Crippen LogP contribution in [0.2, 0.25) is 5.02 Å². The predicted molar refractivity (Wildman–Crippen MR) is 110 cm³/mol. The summed E-state index contributed by atoms with van der Waals surface area (Å²) in [5.74, 6) is -0.579. The van der Waals surface area contributed by atoms with E-state index in [0.29, 0.717) is 23.1 Å². The maximum Gasteiger partial charge on any atom is 0.264 e. The largest absolute Gasteiger partial charge is 0.377 e. The van der Waals surface area contributed by atoms with Gasteiger partial charge in [0.2, 0.25) is 0 Å². The van der Waals surface area contributed by atoms with Crippen molar-refractivity contribution in [3.8, 4) is 0 Å². The second-order valence-electron chi connectivity index (χ2n) is 6.58. The van der Waals surface area contributed by atoms with Gasteiger partial charge < -0.3 is 4.74 Å². The monoisotopic (exact) mass is 414 g/mol. The molecule has 5 nitrogen and oxygen atoms in total. The summed E-state index contributed by atoms with van der Waals surface area (Å²) in [4.78, 5) is 25.7. The fourth-order valence-corrected chi connectivity index (χ4v) is 4.43. The summed E-state index contributed by atoms with van der Waals surface area (Å²) < 4.78 is 5.34. The zero-order chi connectivity index (χ0) is 19.5. The Balaban J connectivity index is 1.42. The molecule has 0 bridgehead atoms. The van der Waals surface area contributed by atoms with E-state index in [9.17, 15) is 9.59 Å². The van der Waals surface area contributed by atoms with Crippen LogP contribution in [0.15, 0.2) is 59.5 Å². The third-order valence-corrected chi connectivity index (χ3v) is 6.39. The molecule has 2 aromatic carbocycles. The van der Waals surface area contributed by atoms with E-state index in [1.165, 1.54) is 22.3 Å². The molecule has 144 valence electrons. The molecule has 2 aliphatic rings. The van der Waals surface area contributed by atoms with E-state index in [4.69, 9.17) is 16.3 Å². The average molecular weight is 415 g/mol. The van der Waals surface area contributed by atoms with Gasteiger partial charge in [0.15, 0.2) is 5.25 Å². The Morgan fingerprint density at radius 2 is 1.93 bits per heavy atom. The van der Waals surface area contributed by atoms with Crippen molar-refractivity contribution >= 4 is 40.8 Å². The Bertz CT molecular complexity index is 930. The molecule has 0 spiro atoms. The third-order valence-electron chi connectivity index (χ3n) is 4.68. The number of halogens is 1. The van der Waals surface area contributed by atoms with Crippen molar-refractivity contribution < 1.29 is 14.3 Å². The number of thioether (sulfide) groups is 1. The number of hydrogen-bond acceptors (Lipinski definition) is 4. The molecule has 2 aliphatic heterocycles. The number of carbonyl (C=O) groups is 2. The van der Waals surface area contributed by atoms with Crippen LogP contribution in [0.25, 0.3) is 5.57 Å². The number of nitrogens with zero attached hydrogens (tertiary/aromatic N) is 1. The second kappa shape index (κ2) is 8.39. The highest BCUT2D eigenvalue weighted by molar-refractivity contribution is 8.01. The van der Waals surface area contributed by atoms with Crippen LogP contribution in [0.5, 0.6) is 0 Å². The second-order valence-corrected chi connectivity index (χ2v) is 8.13. The van der Waals surface area contributed by atoms with Gasteiger partial charge in [-0.2, -0.15) is 0 Å². The topological polar surface area (TPSA) is 58.6 Å². The minimum absolute atomic E-state index is 0.258. The maximum absolute atomic E-state index is 12.7. The van der Waals surface area contributed by atoms with Gasteiger partial charge >= 0.3 is 0 Å². The van der Waals surface area contributed by atoms with E-state index in [2.05, 4.69) is 11.5 Å². The molecule has 2 aromatic rings. The van der Waals surface area contributed by atoms with Crippen molar-refractivity contribution in [3.63, 3.8) is 0 Å². The highest BCUT2D eigenvalue weighted by Gasteiger charge is 2.40. The lowest BCUT2D eigenvalue weighted by Crippen LogP contribution is -2.35. The minimum Gasteiger partial charge on any atom is -0.377 e. The zero-order valence-electron chi connectivity index (χ0n) is 15.1. The van der Waals surface area contributed by atoms with Gasteiger partial charge in [-0.15, -0.1) is 11.8 Å². The van der Waals surface area contributed by atoms with Crippen LogP contribution in [0.4, 0.5) is 0 Å². The first-order valence-electron chi connectivity index (χ1n) is 9.01. The van der Waals surface area contributed by atoms with Crippen LogP contribution in [0, 0.1) is 0 Å². The molecule has 0 radical (unpaired) electrons. The van der Waals surface area contributed by atoms with Gasteiger partial charge in [0, 0.05) is 4.90 Å². The van der Waals surface area contributed by atoms with Gasteiger partial charge in [-0.05, 0) is 35.3 Å². The quantitative estimate of drug-likeness (QED) is 0.758. The van der Waals surface area contributed by atoms with Crippen molar-refractivity contribution in [1.29, 1.82) is 0 Å². The van der Waals surface area contributed by atoms with E-state index in [1.807, 2.05) is 36.4 Å². The molecule has 1 fully saturated rings. The molecule has 0 aliphatic carbocycles. The highest BCUT2D eigenvalue weighted by Crippen LogP contribution is 2.33. The summed E-state index contributed by atoms with van der Waals surface area (Å²) in [7, 11) is 0. The van der Waals surface area contributed by atoms with Gasteiger partial charge in [0.1, 0.15) is 0 Å². The third kappa shape index (κ3) is 4.09. The molecular formula is C21H19ClN2O3S. The molecule has 1 saturated heterocycles. The van der Waals surface area contributed by atoms with Gasteiger partial charge in [-0.1, -0.05) is 54.1 Å². The molecule has 0 aromatic heterocycles. The van der Waals surface area contributed by atoms with Crippen LogP contribution >= 0.6 is 23.4 Å². The number of hydrazine groups is 1. The summed E-state index contributed by atoms with van der Waals surface area (Å²) >= 11 is 7.33. The first-order chi connectivity index (χ1) is 13.6. The molecular weight excluding hydrogens is 396 g/mol. The van der Waals surface area contributed by atoms with Crippen LogP contribution in [0.3, 0.4) is 0 Å². The SMILES string of the molecule is O=C1NN(Cc2ccc(C3=CCOCC3)cc2)C(=O)C1Sc1ccccc1Cl. The fraction of sp³-hybridized carbons (Fsp3) is 0.238. The van der Waals surface area contributed by atoms with E-state index in [-0.39, 0.29) is 11.8 Å². The standard InChI is InChI=1S/C21H19ClN2O3S/c22-17-3-1-2-4-18(17)28-19-20(25)23-24(21(19)26)13-14-5-7-15(8-6-14)16-9-11-27-12-10-16/h1-9,19H,10-13H2,(H,23,25). The molecule has 1 atom stereocenters. The maximum atomic E-state index is 12.7. The van der Waals surface area contributed by atoms with Gasteiger partial charge in [-0.3, -0.25) is 15.0 Å². The molecule has 2 amide bonds. The Morgan fingerprint density at radius 3 is 2.64 bits per heavy atom. The molecule has 1 N–H and O–H groups in total. The van der Waals surface area contributed by atoms with E-state index in [0.717, 1.165) is 24.2 Å². The summed E-state index contributed by atoms with van der Waals surface area (Å²) in [6.45, 7) is 1.72. The Hall–Kier alpha value is -2.28. The minimum atomic E-state index is -0.827. The number of benzene rings is 2. The first kappa shape index (κ1) is 19.1. The Morgan fingerprint density at radius 1 is 1.14 bits per heavy atom. The van der Waals surface area contributed by atoms with Crippen molar-refractivity contribution in [2.45, 2.75) is 23.1 Å². The normalized spacial score (nSPS) is 19.5. The Labute approximate surface area is 172 Å². The molecule has 4 rings (SSSR count). The molecule has 0 saturated carbocycles. The van der Waals surface area contributed by atoms with Crippen molar-refractivity contribution in [3.05, 3.63) is 70.8 Å². The van der Waals surface area contributed by atoms with E-state index in [1.54, 1.807) is 12.1 Å². The van der Waals surface area contributed by atoms with Crippen LogP contribution in [0.1, 0.15) is 17.5 Å². The molecule has 7 heteroatoms. The molecule has 1 unspecified atom stereocenters. The summed E-state index contributed by atoms with van der Waals surface area (Å²) in [6.07, 6.45) is 3.00. The number of amides is 2. The van der Waals surface area contributed by atoms with Crippen LogP contribution in [-0.4, -0.2) is 35.3 Å². The number of rotatable bonds is 5. The first-order valence-corrected chi connectivity index (χ1v) is 10.3. The van der Waals surface area contributed by atoms with Crippen LogP contribution < -0.4 is 5.43 Å². The summed E-state index contributed by atoms with van der Waals surface area (Å²) in [5, 5.41) is 1.08. The number of nitrogens with one attached hydrogen (secondary N) is 1. The smallest absolute Gasteiger partial charge is 0.264 e. The fourth-order valence-electron chi connectivity index (χ4n) is 3.19. The van der Waals surface area contributed by atoms with Crippen molar-refractivity contribution in [2.24, 2.45) is 0 Å². The van der Waals surface area contributed by atoms with Gasteiger partial charge in [0.25, 0.3) is 11.8 Å². The number of ether oxygens (including phenoxy) is 1. The number of hydrogen-bond donors (Lipinski definition) is 1. The Kier molecular flexibility index (Phi) is 5.71. The number of carbonyl (C=O) groups excluding carboxylic acids is 2. The average Bonchev–Trinajstić information content (AvgIpc) is 2.98. The van der Waals surface area contributed by atoms with Crippen molar-refractivity contribution in [1.82, 2.24) is 10.4 Å². The molecule has 28 heavy (non-hydrogen) atoms. The van der Waals surface area contributed by atoms with E-state index < -0.39 is 5.25 Å². The highest BCUT2D eigenvalue weighted by atomic mass is 35.5. The summed E-state index contributed by atoms with van der Waals surface area (Å²) in [5.41, 5.74) is 6.07. The zero-order valence-corrected chi connectivity index (χ0v) is 16.6. The lowest BCUT2D eigenvalue weighted by molar-refractivity contribution is -0.130. The molecule has 2 heterocycles. The lowest BCUT2D eigenvalue weighted by Gasteiger charge is -2.17. The predicted octanol–water partition coefficient (Wildman–Crippen LogP) is 3.68. The van der Waals surface area contributed by atoms with Crippen LogP contribution in [-0.2, 0) is 20.9 Å². The van der Waals surface area contributed by atoms with E-state index >= 15 is 0 Å². The summed E-state index contributed by atoms with van der Waals surface area (Å²) in [6, 6.07) is 15.3. The lowest BCUT2D eigenvalue weighted by atomic mass is 10.0. The van der Waals surface area contributed by atoms with Crippen molar-refractivity contribution in [2.75, 3.05) is 13.2 Å². The van der Waals surface area contributed by atoms with Gasteiger partial charge in [-0.25, -0.2) is 5.01 Å².